The molecule has 8 heteroatoms. The van der Waals surface area contributed by atoms with E-state index in [0.717, 1.165) is 16.5 Å². The molecule has 0 unspecified atom stereocenters. The molecule has 0 fully saturated rings. The summed E-state index contributed by atoms with van der Waals surface area (Å²) in [5, 5.41) is 12.2. The van der Waals surface area contributed by atoms with Gasteiger partial charge in [0, 0.05) is 16.5 Å². The molecule has 3 rings (SSSR count). The van der Waals surface area contributed by atoms with Gasteiger partial charge in [0.1, 0.15) is 12.4 Å². The maximum Gasteiger partial charge on any atom is 0.210 e. The SMILES string of the molecule is CC(C)c1ccc(OCc2nnc(SCc3csc(C(C)(C)C)n3)n2N)cc1. The number of thioether (sulfide) groups is 1. The molecule has 0 aliphatic carbocycles. The van der Waals surface area contributed by atoms with Crippen LogP contribution in [0.25, 0.3) is 0 Å². The van der Waals surface area contributed by atoms with Crippen LogP contribution in [-0.4, -0.2) is 19.9 Å². The molecule has 2 heterocycles. The first-order valence-corrected chi connectivity index (χ1v) is 11.1. The van der Waals surface area contributed by atoms with Crippen LogP contribution < -0.4 is 10.6 Å². The Morgan fingerprint density at radius 3 is 2.50 bits per heavy atom. The van der Waals surface area contributed by atoms with E-state index in [9.17, 15) is 0 Å². The molecule has 0 amide bonds. The predicted molar refractivity (Wildman–Crippen MR) is 115 cm³/mol. The Balaban J connectivity index is 1.57. The number of thiazole rings is 1. The van der Waals surface area contributed by atoms with Crippen molar-refractivity contribution in [1.29, 1.82) is 0 Å². The summed E-state index contributed by atoms with van der Waals surface area (Å²) in [6, 6.07) is 8.09. The number of aromatic nitrogens is 4. The third-order valence-electron chi connectivity index (χ3n) is 4.19. The topological polar surface area (TPSA) is 78.9 Å². The number of nitrogens with zero attached hydrogens (tertiary/aromatic N) is 4. The van der Waals surface area contributed by atoms with Gasteiger partial charge in [-0.1, -0.05) is 58.5 Å². The van der Waals surface area contributed by atoms with Crippen LogP contribution in [0.4, 0.5) is 0 Å². The second kappa shape index (κ2) is 8.53. The van der Waals surface area contributed by atoms with Crippen molar-refractivity contribution in [1.82, 2.24) is 19.9 Å². The second-order valence-electron chi connectivity index (χ2n) is 7.96. The molecule has 0 aliphatic heterocycles. The van der Waals surface area contributed by atoms with E-state index in [0.29, 0.717) is 22.7 Å². The Bertz CT molecular complexity index is 910. The molecule has 0 atom stereocenters. The number of hydrogen-bond acceptors (Lipinski definition) is 7. The van der Waals surface area contributed by atoms with Crippen LogP contribution in [0.15, 0.2) is 34.8 Å². The maximum absolute atomic E-state index is 6.14. The fraction of sp³-hybridized carbons (Fsp3) is 0.450. The number of ether oxygens (including phenoxy) is 1. The second-order valence-corrected chi connectivity index (χ2v) is 9.76. The highest BCUT2D eigenvalue weighted by atomic mass is 32.2. The molecule has 0 spiro atoms. The van der Waals surface area contributed by atoms with E-state index in [4.69, 9.17) is 15.6 Å². The Hall–Kier alpha value is -2.06. The molecule has 0 radical (unpaired) electrons. The summed E-state index contributed by atoms with van der Waals surface area (Å²) in [6.07, 6.45) is 0. The average molecular weight is 418 g/mol. The van der Waals surface area contributed by atoms with Gasteiger partial charge in [0.25, 0.3) is 0 Å². The summed E-state index contributed by atoms with van der Waals surface area (Å²) in [5.41, 5.74) is 2.38. The number of benzene rings is 1. The summed E-state index contributed by atoms with van der Waals surface area (Å²) in [7, 11) is 0. The van der Waals surface area contributed by atoms with Gasteiger partial charge in [-0.15, -0.1) is 21.5 Å². The van der Waals surface area contributed by atoms with Crippen molar-refractivity contribution >= 4 is 23.1 Å². The van der Waals surface area contributed by atoms with Crippen LogP contribution in [0, 0.1) is 0 Å². The quantitative estimate of drug-likeness (QED) is 0.442. The Kier molecular flexibility index (Phi) is 6.30. The lowest BCUT2D eigenvalue weighted by atomic mass is 9.98. The van der Waals surface area contributed by atoms with E-state index in [-0.39, 0.29) is 12.0 Å². The minimum absolute atomic E-state index is 0.0688. The fourth-order valence-corrected chi connectivity index (χ4v) is 4.24. The van der Waals surface area contributed by atoms with E-state index < -0.39 is 0 Å². The van der Waals surface area contributed by atoms with Crippen LogP contribution in [0.3, 0.4) is 0 Å². The summed E-state index contributed by atoms with van der Waals surface area (Å²) < 4.78 is 7.29. The third kappa shape index (κ3) is 5.05. The summed E-state index contributed by atoms with van der Waals surface area (Å²) >= 11 is 3.22. The normalized spacial score (nSPS) is 11.9. The summed E-state index contributed by atoms with van der Waals surface area (Å²) in [4.78, 5) is 4.70. The third-order valence-corrected chi connectivity index (χ3v) is 6.49. The van der Waals surface area contributed by atoms with E-state index in [2.05, 4.69) is 62.3 Å². The highest BCUT2D eigenvalue weighted by Gasteiger charge is 2.18. The number of rotatable bonds is 7. The number of nitrogen functional groups attached to an aromatic ring is 1. The molecule has 6 nitrogen and oxygen atoms in total. The van der Waals surface area contributed by atoms with E-state index in [1.54, 1.807) is 11.3 Å². The van der Waals surface area contributed by atoms with E-state index in [1.807, 2.05) is 12.1 Å². The Labute approximate surface area is 174 Å². The minimum Gasteiger partial charge on any atom is -0.486 e. The molecule has 1 aromatic carbocycles. The lowest BCUT2D eigenvalue weighted by molar-refractivity contribution is 0.291. The van der Waals surface area contributed by atoms with Gasteiger partial charge < -0.3 is 10.6 Å². The zero-order valence-corrected chi connectivity index (χ0v) is 18.6. The van der Waals surface area contributed by atoms with Gasteiger partial charge in [0.05, 0.1) is 10.7 Å². The highest BCUT2D eigenvalue weighted by Crippen LogP contribution is 2.28. The Morgan fingerprint density at radius 2 is 1.89 bits per heavy atom. The van der Waals surface area contributed by atoms with Crippen molar-refractivity contribution in [2.24, 2.45) is 0 Å². The van der Waals surface area contributed by atoms with E-state index >= 15 is 0 Å². The lowest BCUT2D eigenvalue weighted by Gasteiger charge is -2.13. The zero-order valence-electron chi connectivity index (χ0n) is 17.0. The van der Waals surface area contributed by atoms with Gasteiger partial charge in [-0.3, -0.25) is 0 Å². The predicted octanol–water partition coefficient (Wildman–Crippen LogP) is 4.74. The molecule has 0 saturated heterocycles. The van der Waals surface area contributed by atoms with Crippen molar-refractivity contribution in [3.05, 3.63) is 51.7 Å². The van der Waals surface area contributed by atoms with Crippen molar-refractivity contribution in [3.8, 4) is 5.75 Å². The molecule has 3 aromatic rings. The van der Waals surface area contributed by atoms with Crippen LogP contribution in [0.5, 0.6) is 5.75 Å². The molecule has 0 saturated carbocycles. The average Bonchev–Trinajstić information content (AvgIpc) is 3.25. The zero-order chi connectivity index (χ0) is 20.3. The highest BCUT2D eigenvalue weighted by molar-refractivity contribution is 7.98. The number of nitrogens with two attached hydrogens (primary N) is 1. The molecule has 0 aliphatic rings. The Morgan fingerprint density at radius 1 is 1.18 bits per heavy atom. The maximum atomic E-state index is 6.14. The first-order valence-electron chi connectivity index (χ1n) is 9.24. The first-order chi connectivity index (χ1) is 13.2. The van der Waals surface area contributed by atoms with Crippen molar-refractivity contribution in [2.45, 2.75) is 63.5 Å². The lowest BCUT2D eigenvalue weighted by Crippen LogP contribution is -2.15. The minimum atomic E-state index is 0.0688. The van der Waals surface area contributed by atoms with E-state index in [1.165, 1.54) is 22.0 Å². The summed E-state index contributed by atoms with van der Waals surface area (Å²) in [5.74, 6) is 8.73. The van der Waals surface area contributed by atoms with Gasteiger partial charge in [0.2, 0.25) is 5.16 Å². The van der Waals surface area contributed by atoms with Crippen molar-refractivity contribution in [3.63, 3.8) is 0 Å². The van der Waals surface area contributed by atoms with Crippen LogP contribution in [0.1, 0.15) is 62.6 Å². The molecule has 0 bridgehead atoms. The molecular formula is C20H27N5OS2. The molecule has 150 valence electrons. The monoisotopic (exact) mass is 417 g/mol. The van der Waals surface area contributed by atoms with Crippen molar-refractivity contribution < 1.29 is 4.74 Å². The molecule has 2 N–H and O–H groups in total. The van der Waals surface area contributed by atoms with Gasteiger partial charge in [-0.25, -0.2) is 9.66 Å². The standard InChI is InChI=1S/C20H27N5OS2/c1-13(2)14-6-8-16(9-7-14)26-10-17-23-24-19(25(17)21)28-12-15-11-27-18(22-15)20(3,4)5/h6-9,11,13H,10,12,21H2,1-5H3. The van der Waals surface area contributed by atoms with Crippen LogP contribution >= 0.6 is 23.1 Å². The van der Waals surface area contributed by atoms with Crippen LogP contribution in [0.2, 0.25) is 0 Å². The number of hydrogen-bond donors (Lipinski definition) is 1. The van der Waals surface area contributed by atoms with Gasteiger partial charge in [-0.2, -0.15) is 0 Å². The van der Waals surface area contributed by atoms with Gasteiger partial charge in [-0.05, 0) is 23.6 Å². The van der Waals surface area contributed by atoms with Gasteiger partial charge in [0.15, 0.2) is 5.82 Å². The van der Waals surface area contributed by atoms with Crippen molar-refractivity contribution in [2.75, 3.05) is 5.84 Å². The van der Waals surface area contributed by atoms with Gasteiger partial charge >= 0.3 is 0 Å². The fourth-order valence-electron chi connectivity index (χ4n) is 2.46. The molecule has 28 heavy (non-hydrogen) atoms. The van der Waals surface area contributed by atoms with Crippen LogP contribution in [-0.2, 0) is 17.8 Å². The first kappa shape index (κ1) is 20.7. The summed E-state index contributed by atoms with van der Waals surface area (Å²) in [6.45, 7) is 11.1. The largest absolute Gasteiger partial charge is 0.486 e. The molecular weight excluding hydrogens is 390 g/mol. The smallest absolute Gasteiger partial charge is 0.210 e. The molecule has 2 aromatic heterocycles.